The maximum absolute atomic E-state index is 12.0. The van der Waals surface area contributed by atoms with Gasteiger partial charge in [-0.2, -0.15) is 16.3 Å². The highest BCUT2D eigenvalue weighted by atomic mass is 32.2. The summed E-state index contributed by atoms with van der Waals surface area (Å²) in [5.41, 5.74) is 1.90. The van der Waals surface area contributed by atoms with Gasteiger partial charge in [0.1, 0.15) is 0 Å². The largest absolute Gasteiger partial charge is 0.343 e. The number of benzene rings is 1. The minimum Gasteiger partial charge on any atom is -0.338 e. The first-order valence-electron chi connectivity index (χ1n) is 7.96. The molecule has 3 heterocycles. The molecule has 132 valence electrons. The van der Waals surface area contributed by atoms with Gasteiger partial charge >= 0.3 is 5.69 Å². The van der Waals surface area contributed by atoms with E-state index < -0.39 is 0 Å². The van der Waals surface area contributed by atoms with Crippen LogP contribution in [0.1, 0.15) is 11.5 Å². The van der Waals surface area contributed by atoms with E-state index in [2.05, 4.69) is 20.3 Å². The number of H-pyrrole nitrogens is 1. The fraction of sp³-hybridized carbons (Fsp3) is 0.176. The Hall–Kier alpha value is -2.65. The Bertz CT molecular complexity index is 1020. The van der Waals surface area contributed by atoms with Crippen LogP contribution >= 0.6 is 23.1 Å². The Morgan fingerprint density at radius 3 is 2.92 bits per heavy atom. The number of hydrogen-bond acceptors (Lipinski definition) is 7. The lowest BCUT2D eigenvalue weighted by molar-refractivity contribution is 0.391. The molecule has 0 unspecified atom stereocenters. The highest BCUT2D eigenvalue weighted by Crippen LogP contribution is 2.22. The maximum Gasteiger partial charge on any atom is 0.343 e. The number of aromatic nitrogens is 5. The van der Waals surface area contributed by atoms with Crippen LogP contribution in [0.25, 0.3) is 11.4 Å². The normalized spacial score (nSPS) is 11.1. The highest BCUT2D eigenvalue weighted by Gasteiger charge is 2.13. The molecule has 1 aromatic carbocycles. The molecule has 0 aliphatic carbocycles. The fourth-order valence-corrected chi connectivity index (χ4v) is 3.89. The second-order valence-corrected chi connectivity index (χ2v) is 7.23. The number of nitrogens with one attached hydrogen (secondary N) is 1. The van der Waals surface area contributed by atoms with Gasteiger partial charge in [-0.05, 0) is 23.4 Å². The zero-order valence-electron chi connectivity index (χ0n) is 13.7. The average Bonchev–Trinajstić information content (AvgIpc) is 3.41. The summed E-state index contributed by atoms with van der Waals surface area (Å²) in [7, 11) is 0. The van der Waals surface area contributed by atoms with E-state index in [0.29, 0.717) is 29.2 Å². The summed E-state index contributed by atoms with van der Waals surface area (Å²) in [5.74, 6) is 1.53. The minimum atomic E-state index is -0.215. The summed E-state index contributed by atoms with van der Waals surface area (Å²) in [6.45, 7) is 0.561. The molecule has 0 spiro atoms. The molecule has 0 saturated heterocycles. The molecule has 0 aliphatic heterocycles. The van der Waals surface area contributed by atoms with Crippen LogP contribution in [0.4, 0.5) is 0 Å². The molecule has 0 saturated carbocycles. The van der Waals surface area contributed by atoms with Crippen molar-refractivity contribution < 1.29 is 4.52 Å². The van der Waals surface area contributed by atoms with Crippen molar-refractivity contribution in [2.24, 2.45) is 0 Å². The minimum absolute atomic E-state index is 0.215. The molecule has 0 bridgehead atoms. The van der Waals surface area contributed by atoms with Crippen LogP contribution in [0.3, 0.4) is 0 Å². The number of hydrogen-bond donors (Lipinski definition) is 1. The van der Waals surface area contributed by atoms with Gasteiger partial charge in [0.25, 0.3) is 0 Å². The third-order valence-electron chi connectivity index (χ3n) is 3.76. The van der Waals surface area contributed by atoms with Crippen molar-refractivity contribution in [3.8, 4) is 11.4 Å². The van der Waals surface area contributed by atoms with Gasteiger partial charge in [0, 0.05) is 17.5 Å². The van der Waals surface area contributed by atoms with Crippen molar-refractivity contribution >= 4 is 23.1 Å². The Kier molecular flexibility index (Phi) is 4.98. The van der Waals surface area contributed by atoms with Crippen molar-refractivity contribution in [3.05, 3.63) is 69.1 Å². The maximum atomic E-state index is 12.0. The first kappa shape index (κ1) is 16.8. The van der Waals surface area contributed by atoms with E-state index in [1.807, 2.05) is 47.2 Å². The standard InChI is InChI=1S/C17H15N5O2S2/c23-16-19-20-17(22(16)8-6-12-4-2-1-3-5-12)26-11-14-18-15(21-24-14)13-7-9-25-10-13/h1-5,7,9-10H,6,8,11H2,(H,19,23). The van der Waals surface area contributed by atoms with E-state index in [1.54, 1.807) is 15.9 Å². The van der Waals surface area contributed by atoms with E-state index in [9.17, 15) is 4.79 Å². The van der Waals surface area contributed by atoms with E-state index in [4.69, 9.17) is 4.52 Å². The van der Waals surface area contributed by atoms with E-state index in [-0.39, 0.29) is 5.69 Å². The quantitative estimate of drug-likeness (QED) is 0.491. The van der Waals surface area contributed by atoms with Crippen LogP contribution in [0.15, 0.2) is 61.6 Å². The average molecular weight is 385 g/mol. The van der Waals surface area contributed by atoms with Gasteiger partial charge in [-0.25, -0.2) is 9.89 Å². The number of aryl methyl sites for hydroxylation is 1. The van der Waals surface area contributed by atoms with Crippen LogP contribution in [0, 0.1) is 0 Å². The molecular weight excluding hydrogens is 370 g/mol. The van der Waals surface area contributed by atoms with Crippen LogP contribution in [0.2, 0.25) is 0 Å². The van der Waals surface area contributed by atoms with Gasteiger partial charge in [-0.15, -0.1) is 5.10 Å². The van der Waals surface area contributed by atoms with Crippen LogP contribution in [-0.2, 0) is 18.7 Å². The molecule has 9 heteroatoms. The van der Waals surface area contributed by atoms with Crippen LogP contribution in [-0.4, -0.2) is 24.9 Å². The molecule has 0 fully saturated rings. The van der Waals surface area contributed by atoms with Gasteiger partial charge in [-0.3, -0.25) is 4.57 Å². The Morgan fingerprint density at radius 2 is 2.12 bits per heavy atom. The molecule has 7 nitrogen and oxygen atoms in total. The number of aromatic amines is 1. The smallest absolute Gasteiger partial charge is 0.338 e. The fourth-order valence-electron chi connectivity index (χ4n) is 2.44. The van der Waals surface area contributed by atoms with Crippen LogP contribution < -0.4 is 5.69 Å². The zero-order valence-corrected chi connectivity index (χ0v) is 15.3. The number of nitrogens with zero attached hydrogens (tertiary/aromatic N) is 4. The summed E-state index contributed by atoms with van der Waals surface area (Å²) in [5, 5.41) is 15.1. The Balaban J connectivity index is 1.42. The second-order valence-electron chi connectivity index (χ2n) is 5.51. The third-order valence-corrected chi connectivity index (χ3v) is 5.41. The van der Waals surface area contributed by atoms with E-state index >= 15 is 0 Å². The topological polar surface area (TPSA) is 89.6 Å². The third kappa shape index (κ3) is 3.78. The summed E-state index contributed by atoms with van der Waals surface area (Å²) in [6.07, 6.45) is 0.761. The van der Waals surface area contributed by atoms with Gasteiger partial charge < -0.3 is 4.52 Å². The molecular formula is C17H15N5O2S2. The van der Waals surface area contributed by atoms with Crippen molar-refractivity contribution in [3.63, 3.8) is 0 Å². The Labute approximate surface area is 157 Å². The molecule has 0 radical (unpaired) electrons. The second kappa shape index (κ2) is 7.71. The number of rotatable bonds is 7. The summed E-state index contributed by atoms with van der Waals surface area (Å²) < 4.78 is 6.92. The summed E-state index contributed by atoms with van der Waals surface area (Å²) in [4.78, 5) is 16.4. The lowest BCUT2D eigenvalue weighted by Gasteiger charge is -2.04. The molecule has 0 amide bonds. The SMILES string of the molecule is O=c1[nH]nc(SCc2nc(-c3ccsc3)no2)n1CCc1ccccc1. The molecule has 1 N–H and O–H groups in total. The molecule has 0 aliphatic rings. The first-order chi connectivity index (χ1) is 12.8. The summed E-state index contributed by atoms with van der Waals surface area (Å²) >= 11 is 2.98. The van der Waals surface area contributed by atoms with Gasteiger partial charge in [0.05, 0.1) is 5.75 Å². The van der Waals surface area contributed by atoms with Gasteiger partial charge in [0.2, 0.25) is 11.7 Å². The van der Waals surface area contributed by atoms with Gasteiger partial charge in [0.15, 0.2) is 5.16 Å². The molecule has 4 aromatic rings. The summed E-state index contributed by atoms with van der Waals surface area (Å²) in [6, 6.07) is 12.0. The first-order valence-corrected chi connectivity index (χ1v) is 9.89. The molecule has 26 heavy (non-hydrogen) atoms. The predicted octanol–water partition coefficient (Wildman–Crippen LogP) is 3.22. The molecule has 4 rings (SSSR count). The lowest BCUT2D eigenvalue weighted by Crippen LogP contribution is -2.18. The molecule has 3 aromatic heterocycles. The lowest BCUT2D eigenvalue weighted by atomic mass is 10.1. The van der Waals surface area contributed by atoms with Crippen molar-refractivity contribution in [1.82, 2.24) is 24.9 Å². The van der Waals surface area contributed by atoms with Crippen molar-refractivity contribution in [1.29, 1.82) is 0 Å². The monoisotopic (exact) mass is 385 g/mol. The Morgan fingerprint density at radius 1 is 1.23 bits per heavy atom. The van der Waals surface area contributed by atoms with Crippen molar-refractivity contribution in [2.75, 3.05) is 0 Å². The highest BCUT2D eigenvalue weighted by molar-refractivity contribution is 7.98. The number of thiophene rings is 1. The van der Waals surface area contributed by atoms with Gasteiger partial charge in [-0.1, -0.05) is 47.3 Å². The number of thioether (sulfide) groups is 1. The van der Waals surface area contributed by atoms with Crippen molar-refractivity contribution in [2.45, 2.75) is 23.9 Å². The van der Waals surface area contributed by atoms with Crippen LogP contribution in [0.5, 0.6) is 0 Å². The van der Waals surface area contributed by atoms with E-state index in [0.717, 1.165) is 12.0 Å². The van der Waals surface area contributed by atoms with E-state index in [1.165, 1.54) is 17.3 Å². The molecule has 0 atom stereocenters. The zero-order chi connectivity index (χ0) is 17.8. The predicted molar refractivity (Wildman–Crippen MR) is 100 cm³/mol.